The zero-order valence-corrected chi connectivity index (χ0v) is 46.7. The third-order valence-electron chi connectivity index (χ3n) is 12.9. The molecule has 1 atom stereocenters. The Hall–Kier alpha value is -3.41. The molecular formula is C65H112O6. The van der Waals surface area contributed by atoms with Crippen LogP contribution in [0.5, 0.6) is 0 Å². The molecule has 0 aliphatic heterocycles. The van der Waals surface area contributed by atoms with E-state index in [1.807, 2.05) is 0 Å². The van der Waals surface area contributed by atoms with Crippen LogP contribution in [0, 0.1) is 0 Å². The quantitative estimate of drug-likeness (QED) is 0.0261. The Balaban J connectivity index is 4.19. The molecule has 1 unspecified atom stereocenters. The summed E-state index contributed by atoms with van der Waals surface area (Å²) in [5.41, 5.74) is 0. The number of rotatable bonds is 54. The second-order valence-electron chi connectivity index (χ2n) is 19.9. The second kappa shape index (κ2) is 59.2. The molecule has 0 aromatic rings. The van der Waals surface area contributed by atoms with Gasteiger partial charge in [0.05, 0.1) is 0 Å². The van der Waals surface area contributed by atoms with Gasteiger partial charge in [-0.25, -0.2) is 0 Å². The fourth-order valence-electron chi connectivity index (χ4n) is 8.38. The molecule has 0 aliphatic rings. The molecule has 0 radical (unpaired) electrons. The van der Waals surface area contributed by atoms with Gasteiger partial charge in [0.2, 0.25) is 0 Å². The molecule has 0 aliphatic carbocycles. The topological polar surface area (TPSA) is 78.9 Å². The van der Waals surface area contributed by atoms with Crippen molar-refractivity contribution in [3.8, 4) is 0 Å². The van der Waals surface area contributed by atoms with Gasteiger partial charge in [0, 0.05) is 19.3 Å². The smallest absolute Gasteiger partial charge is 0.306 e. The van der Waals surface area contributed by atoms with Crippen molar-refractivity contribution in [2.75, 3.05) is 13.2 Å². The van der Waals surface area contributed by atoms with E-state index in [2.05, 4.69) is 106 Å². The summed E-state index contributed by atoms with van der Waals surface area (Å²) in [6.45, 7) is 6.47. The minimum atomic E-state index is -0.785. The van der Waals surface area contributed by atoms with Crippen molar-refractivity contribution in [2.24, 2.45) is 0 Å². The summed E-state index contributed by atoms with van der Waals surface area (Å²) in [5.74, 6) is -0.903. The molecule has 0 heterocycles. The van der Waals surface area contributed by atoms with Crippen LogP contribution in [0.1, 0.15) is 290 Å². The van der Waals surface area contributed by atoms with Gasteiger partial charge in [-0.05, 0) is 96.3 Å². The Morgan fingerprint density at radius 1 is 0.296 bits per heavy atom. The van der Waals surface area contributed by atoms with E-state index < -0.39 is 6.10 Å². The summed E-state index contributed by atoms with van der Waals surface area (Å²) in [6.07, 6.45) is 77.5. The number of carbonyl (C=O) groups is 3. The van der Waals surface area contributed by atoms with Crippen LogP contribution in [0.2, 0.25) is 0 Å². The highest BCUT2D eigenvalue weighted by Crippen LogP contribution is 2.16. The van der Waals surface area contributed by atoms with Crippen LogP contribution in [0.4, 0.5) is 0 Å². The van der Waals surface area contributed by atoms with Crippen LogP contribution in [0.25, 0.3) is 0 Å². The lowest BCUT2D eigenvalue weighted by molar-refractivity contribution is -0.167. The normalized spacial score (nSPS) is 12.7. The maximum atomic E-state index is 12.8. The van der Waals surface area contributed by atoms with Crippen molar-refractivity contribution in [3.05, 3.63) is 85.1 Å². The number of hydrogen-bond acceptors (Lipinski definition) is 6. The number of esters is 3. The molecule has 408 valence electrons. The molecule has 0 bridgehead atoms. The lowest BCUT2D eigenvalue weighted by atomic mass is 10.0. The molecule has 0 spiro atoms. The van der Waals surface area contributed by atoms with Crippen molar-refractivity contribution in [2.45, 2.75) is 297 Å². The Morgan fingerprint density at radius 3 is 0.859 bits per heavy atom. The molecule has 0 N–H and O–H groups in total. The van der Waals surface area contributed by atoms with Gasteiger partial charge >= 0.3 is 17.9 Å². The third kappa shape index (κ3) is 57.4. The lowest BCUT2D eigenvalue weighted by Gasteiger charge is -2.18. The Kier molecular flexibility index (Phi) is 56.3. The number of allylic oxidation sites excluding steroid dienone is 14. The Labute approximate surface area is 439 Å². The molecule has 0 fully saturated rings. The summed E-state index contributed by atoms with van der Waals surface area (Å²) in [5, 5.41) is 0. The maximum absolute atomic E-state index is 12.8. The largest absolute Gasteiger partial charge is 0.462 e. The van der Waals surface area contributed by atoms with E-state index in [1.165, 1.54) is 135 Å². The number of carbonyl (C=O) groups excluding carboxylic acids is 3. The minimum Gasteiger partial charge on any atom is -0.462 e. The van der Waals surface area contributed by atoms with Gasteiger partial charge < -0.3 is 14.2 Å². The van der Waals surface area contributed by atoms with Gasteiger partial charge in [-0.2, -0.15) is 0 Å². The number of hydrogen-bond donors (Lipinski definition) is 0. The van der Waals surface area contributed by atoms with Crippen molar-refractivity contribution < 1.29 is 28.6 Å². The molecular weight excluding hydrogens is 877 g/mol. The van der Waals surface area contributed by atoms with Gasteiger partial charge in [-0.1, -0.05) is 260 Å². The molecule has 0 saturated heterocycles. The highest BCUT2D eigenvalue weighted by Gasteiger charge is 2.19. The van der Waals surface area contributed by atoms with Gasteiger partial charge in [0.25, 0.3) is 0 Å². The van der Waals surface area contributed by atoms with Crippen LogP contribution < -0.4 is 0 Å². The van der Waals surface area contributed by atoms with Gasteiger partial charge in [0.1, 0.15) is 13.2 Å². The predicted molar refractivity (Wildman–Crippen MR) is 307 cm³/mol. The van der Waals surface area contributed by atoms with Crippen LogP contribution in [0.3, 0.4) is 0 Å². The van der Waals surface area contributed by atoms with E-state index in [0.29, 0.717) is 19.3 Å². The third-order valence-corrected chi connectivity index (χ3v) is 12.9. The fraction of sp³-hybridized carbons (Fsp3) is 0.738. The van der Waals surface area contributed by atoms with Crippen LogP contribution in [-0.2, 0) is 28.6 Å². The van der Waals surface area contributed by atoms with Crippen molar-refractivity contribution in [3.63, 3.8) is 0 Å². The second-order valence-corrected chi connectivity index (χ2v) is 19.9. The molecule has 0 amide bonds. The summed E-state index contributed by atoms with van der Waals surface area (Å²) in [4.78, 5) is 38.0. The fourth-order valence-corrected chi connectivity index (χ4v) is 8.38. The molecule has 6 heteroatoms. The summed E-state index contributed by atoms with van der Waals surface area (Å²) < 4.78 is 16.8. The van der Waals surface area contributed by atoms with E-state index in [0.717, 1.165) is 116 Å². The monoisotopic (exact) mass is 989 g/mol. The van der Waals surface area contributed by atoms with E-state index in [1.54, 1.807) is 0 Å². The van der Waals surface area contributed by atoms with Crippen molar-refractivity contribution in [1.29, 1.82) is 0 Å². The first-order valence-electron chi connectivity index (χ1n) is 30.1. The van der Waals surface area contributed by atoms with E-state index in [4.69, 9.17) is 14.2 Å². The summed E-state index contributed by atoms with van der Waals surface area (Å²) in [7, 11) is 0. The molecule has 0 aromatic carbocycles. The zero-order chi connectivity index (χ0) is 51.4. The first kappa shape index (κ1) is 67.6. The number of unbranched alkanes of at least 4 members (excludes halogenated alkanes) is 29. The lowest BCUT2D eigenvalue weighted by Crippen LogP contribution is -2.30. The molecule has 6 nitrogen and oxygen atoms in total. The standard InChI is InChI=1S/C65H112O6/c1-4-7-10-13-16-18-20-22-24-26-28-30-31-32-33-35-36-38-40-42-44-46-49-52-55-58-64(67)70-61-62(60-69-63(66)57-54-51-48-15-12-9-6-3)71-65(68)59-56-53-50-47-45-43-41-39-37-34-29-27-25-23-21-19-17-14-11-8-5-2/h8,11,17,19-20,22-23,25-26,28-29,34,39,41,62H,4-7,9-10,12-16,18,21,24,27,30-33,35-38,40,42-61H2,1-3H3/b11-8-,19-17-,22-20-,25-23-,28-26-,34-29-,41-39-. The van der Waals surface area contributed by atoms with Crippen LogP contribution >= 0.6 is 0 Å². The predicted octanol–water partition coefficient (Wildman–Crippen LogP) is 20.3. The van der Waals surface area contributed by atoms with Crippen molar-refractivity contribution >= 4 is 17.9 Å². The minimum absolute atomic E-state index is 0.0835. The highest BCUT2D eigenvalue weighted by molar-refractivity contribution is 5.71. The van der Waals surface area contributed by atoms with E-state index in [-0.39, 0.29) is 31.1 Å². The average molecular weight is 990 g/mol. The summed E-state index contributed by atoms with van der Waals surface area (Å²) >= 11 is 0. The average Bonchev–Trinajstić information content (AvgIpc) is 3.37. The van der Waals surface area contributed by atoms with E-state index in [9.17, 15) is 14.4 Å². The first-order chi connectivity index (χ1) is 35.0. The van der Waals surface area contributed by atoms with Gasteiger partial charge in [-0.15, -0.1) is 0 Å². The number of ether oxygens (including phenoxy) is 3. The Morgan fingerprint density at radius 2 is 0.549 bits per heavy atom. The summed E-state index contributed by atoms with van der Waals surface area (Å²) in [6, 6.07) is 0. The van der Waals surface area contributed by atoms with Crippen LogP contribution in [0.15, 0.2) is 85.1 Å². The highest BCUT2D eigenvalue weighted by atomic mass is 16.6. The first-order valence-corrected chi connectivity index (χ1v) is 30.1. The SMILES string of the molecule is CC/C=C\C/C=C\C/C=C\C/C=C\C/C=C\CCCCCCCC(=O)OC(COC(=O)CCCCCCCCC)COC(=O)CCCCCCCCCCCCCCC/C=C\C/C=C\CCCCCCC. The van der Waals surface area contributed by atoms with E-state index >= 15 is 0 Å². The molecule has 71 heavy (non-hydrogen) atoms. The van der Waals surface area contributed by atoms with Crippen molar-refractivity contribution in [1.82, 2.24) is 0 Å². The zero-order valence-electron chi connectivity index (χ0n) is 46.7. The maximum Gasteiger partial charge on any atom is 0.306 e. The van der Waals surface area contributed by atoms with Gasteiger partial charge in [-0.3, -0.25) is 14.4 Å². The van der Waals surface area contributed by atoms with Crippen LogP contribution in [-0.4, -0.2) is 37.2 Å². The Bertz CT molecular complexity index is 1370. The molecule has 0 rings (SSSR count). The van der Waals surface area contributed by atoms with Gasteiger partial charge in [0.15, 0.2) is 6.10 Å². The molecule has 0 saturated carbocycles. The molecule has 0 aromatic heterocycles.